The molecule has 0 bridgehead atoms. The minimum Gasteiger partial charge on any atom is -0.493 e. The summed E-state index contributed by atoms with van der Waals surface area (Å²) in [6.45, 7) is 6.85. The topological polar surface area (TPSA) is 19.0 Å². The molecule has 0 N–H and O–H groups in total. The van der Waals surface area contributed by atoms with Gasteiger partial charge in [-0.1, -0.05) is 30.3 Å². The van der Waals surface area contributed by atoms with Crippen LogP contribution in [0.4, 0.5) is 11.4 Å². The number of anilines is 2. The third kappa shape index (κ3) is 2.99. The molecule has 1 saturated heterocycles. The number of likely N-dealkylation sites (tertiary alicyclic amines) is 1. The number of benzene rings is 2. The predicted octanol–water partition coefficient (Wildman–Crippen LogP) is 4.07. The highest BCUT2D eigenvalue weighted by molar-refractivity contribution is 5.80. The molecular formula is C26H33N3O. The zero-order chi connectivity index (χ0) is 20.1. The number of aryl methyl sites for hydroxylation is 2. The molecule has 0 unspecified atom stereocenters. The van der Waals surface area contributed by atoms with E-state index in [9.17, 15) is 0 Å². The van der Waals surface area contributed by atoms with Crippen LogP contribution in [0.25, 0.3) is 0 Å². The SMILES string of the molecule is CN1CCN2c3c(cccc31)[C@@H]1CN(CCCc3cccc4c3OCCC4)CC[C@@H]12. The number of ether oxygens (including phenoxy) is 1. The Morgan fingerprint density at radius 1 is 1.07 bits per heavy atom. The molecule has 0 spiro atoms. The minimum atomic E-state index is 0.674. The average Bonchev–Trinajstić information content (AvgIpc) is 3.11. The Morgan fingerprint density at radius 2 is 2.00 bits per heavy atom. The van der Waals surface area contributed by atoms with Gasteiger partial charge in [0.05, 0.1) is 18.0 Å². The minimum absolute atomic E-state index is 0.674. The van der Waals surface area contributed by atoms with Crippen molar-refractivity contribution in [2.75, 3.05) is 56.2 Å². The van der Waals surface area contributed by atoms with Crippen molar-refractivity contribution in [1.29, 1.82) is 0 Å². The van der Waals surface area contributed by atoms with E-state index in [1.165, 1.54) is 73.7 Å². The second-order valence-corrected chi connectivity index (χ2v) is 9.55. The molecule has 2 atom stereocenters. The van der Waals surface area contributed by atoms with Gasteiger partial charge in [0.15, 0.2) is 0 Å². The van der Waals surface area contributed by atoms with Crippen molar-refractivity contribution in [3.05, 3.63) is 53.1 Å². The fourth-order valence-corrected chi connectivity index (χ4v) is 6.33. The molecular weight excluding hydrogens is 370 g/mol. The summed E-state index contributed by atoms with van der Waals surface area (Å²) in [5.41, 5.74) is 7.40. The molecule has 4 aliphatic rings. The van der Waals surface area contributed by atoms with Gasteiger partial charge >= 0.3 is 0 Å². The van der Waals surface area contributed by atoms with Gasteiger partial charge in [0.2, 0.25) is 0 Å². The summed E-state index contributed by atoms with van der Waals surface area (Å²) < 4.78 is 6.02. The number of likely N-dealkylation sites (N-methyl/N-ethyl adjacent to an activating group) is 1. The Labute approximate surface area is 180 Å². The molecule has 4 nitrogen and oxygen atoms in total. The standard InChI is InChI=1S/C26H33N3O/c1-27-15-16-29-23-12-14-28(18-22(23)21-10-3-11-24(27)25(21)29)13-4-8-19-6-2-7-20-9-5-17-30-26(19)20/h2-3,6-7,10-11,22-23H,4-5,8-9,12-18H2,1H3/t22-,23-/m0/s1. The summed E-state index contributed by atoms with van der Waals surface area (Å²) in [5, 5.41) is 0. The molecule has 2 aromatic rings. The molecule has 0 amide bonds. The summed E-state index contributed by atoms with van der Waals surface area (Å²) in [4.78, 5) is 7.90. The summed E-state index contributed by atoms with van der Waals surface area (Å²) in [6, 6.07) is 14.4. The summed E-state index contributed by atoms with van der Waals surface area (Å²) >= 11 is 0. The first-order valence-electron chi connectivity index (χ1n) is 11.9. The summed E-state index contributed by atoms with van der Waals surface area (Å²) in [5.74, 6) is 1.87. The predicted molar refractivity (Wildman–Crippen MR) is 123 cm³/mol. The van der Waals surface area contributed by atoms with E-state index in [-0.39, 0.29) is 0 Å². The van der Waals surface area contributed by atoms with Gasteiger partial charge < -0.3 is 19.4 Å². The lowest BCUT2D eigenvalue weighted by molar-refractivity contribution is 0.191. The van der Waals surface area contributed by atoms with Crippen molar-refractivity contribution in [3.63, 3.8) is 0 Å². The van der Waals surface area contributed by atoms with Crippen LogP contribution in [0.1, 0.15) is 41.9 Å². The summed E-state index contributed by atoms with van der Waals surface area (Å²) in [7, 11) is 2.24. The van der Waals surface area contributed by atoms with Crippen molar-refractivity contribution in [3.8, 4) is 5.75 Å². The van der Waals surface area contributed by atoms with E-state index in [0.29, 0.717) is 12.0 Å². The molecule has 0 aliphatic carbocycles. The molecule has 4 heterocycles. The highest BCUT2D eigenvalue weighted by Crippen LogP contribution is 2.50. The van der Waals surface area contributed by atoms with Gasteiger partial charge in [-0.05, 0) is 61.4 Å². The Balaban J connectivity index is 1.13. The third-order valence-corrected chi connectivity index (χ3v) is 7.82. The molecule has 4 aliphatic heterocycles. The maximum atomic E-state index is 6.02. The van der Waals surface area contributed by atoms with Crippen LogP contribution in [0.2, 0.25) is 0 Å². The molecule has 4 heteroatoms. The maximum Gasteiger partial charge on any atom is 0.125 e. The van der Waals surface area contributed by atoms with Crippen molar-refractivity contribution in [2.24, 2.45) is 0 Å². The molecule has 6 rings (SSSR count). The number of para-hydroxylation sites is 2. The van der Waals surface area contributed by atoms with E-state index in [1.807, 2.05) is 0 Å². The van der Waals surface area contributed by atoms with E-state index < -0.39 is 0 Å². The van der Waals surface area contributed by atoms with Gasteiger partial charge in [-0.2, -0.15) is 0 Å². The lowest BCUT2D eigenvalue weighted by Gasteiger charge is -2.41. The first-order valence-corrected chi connectivity index (χ1v) is 11.9. The van der Waals surface area contributed by atoms with Gasteiger partial charge in [-0.25, -0.2) is 0 Å². The largest absolute Gasteiger partial charge is 0.493 e. The number of rotatable bonds is 4. The lowest BCUT2D eigenvalue weighted by atomic mass is 9.89. The van der Waals surface area contributed by atoms with Crippen LogP contribution in [0.5, 0.6) is 5.75 Å². The maximum absolute atomic E-state index is 6.02. The highest BCUT2D eigenvalue weighted by atomic mass is 16.5. The normalized spacial score (nSPS) is 24.8. The molecule has 0 saturated carbocycles. The van der Waals surface area contributed by atoms with Crippen molar-refractivity contribution >= 4 is 11.4 Å². The zero-order valence-corrected chi connectivity index (χ0v) is 18.1. The number of nitrogens with zero attached hydrogens (tertiary/aromatic N) is 3. The monoisotopic (exact) mass is 403 g/mol. The average molecular weight is 404 g/mol. The number of piperidine rings is 1. The smallest absolute Gasteiger partial charge is 0.125 e. The van der Waals surface area contributed by atoms with Crippen molar-refractivity contribution in [2.45, 2.75) is 44.1 Å². The first-order chi connectivity index (χ1) is 14.8. The second kappa shape index (κ2) is 7.49. The fraction of sp³-hybridized carbons (Fsp3) is 0.538. The number of hydrogen-bond donors (Lipinski definition) is 0. The number of hydrogen-bond acceptors (Lipinski definition) is 4. The van der Waals surface area contributed by atoms with E-state index in [2.05, 4.69) is 58.1 Å². The van der Waals surface area contributed by atoms with Crippen LogP contribution < -0.4 is 14.5 Å². The van der Waals surface area contributed by atoms with Crippen LogP contribution in [0, 0.1) is 0 Å². The molecule has 30 heavy (non-hydrogen) atoms. The van der Waals surface area contributed by atoms with Crippen LogP contribution in [-0.4, -0.2) is 57.3 Å². The third-order valence-electron chi connectivity index (χ3n) is 7.82. The van der Waals surface area contributed by atoms with Gasteiger partial charge in [-0.3, -0.25) is 0 Å². The number of fused-ring (bicyclic) bond motifs is 4. The summed E-state index contributed by atoms with van der Waals surface area (Å²) in [6.07, 6.45) is 5.97. The van der Waals surface area contributed by atoms with Gasteiger partial charge in [0.25, 0.3) is 0 Å². The van der Waals surface area contributed by atoms with E-state index in [4.69, 9.17) is 4.74 Å². The molecule has 158 valence electrons. The molecule has 1 fully saturated rings. The van der Waals surface area contributed by atoms with Crippen LogP contribution in [-0.2, 0) is 12.8 Å². The Hall–Kier alpha value is -2.20. The van der Waals surface area contributed by atoms with E-state index in [0.717, 1.165) is 26.0 Å². The second-order valence-electron chi connectivity index (χ2n) is 9.55. The van der Waals surface area contributed by atoms with Crippen LogP contribution in [0.15, 0.2) is 36.4 Å². The fourth-order valence-electron chi connectivity index (χ4n) is 6.33. The van der Waals surface area contributed by atoms with E-state index >= 15 is 0 Å². The van der Waals surface area contributed by atoms with Crippen molar-refractivity contribution in [1.82, 2.24) is 4.90 Å². The van der Waals surface area contributed by atoms with Gasteiger partial charge in [0, 0.05) is 45.2 Å². The Bertz CT molecular complexity index is 942. The lowest BCUT2D eigenvalue weighted by Crippen LogP contribution is -2.49. The van der Waals surface area contributed by atoms with Gasteiger partial charge in [0.1, 0.15) is 5.75 Å². The van der Waals surface area contributed by atoms with Crippen LogP contribution in [0.3, 0.4) is 0 Å². The molecule has 2 aromatic carbocycles. The Kier molecular flexibility index (Phi) is 4.63. The van der Waals surface area contributed by atoms with Crippen molar-refractivity contribution < 1.29 is 4.74 Å². The van der Waals surface area contributed by atoms with E-state index in [1.54, 1.807) is 5.56 Å². The quantitative estimate of drug-likeness (QED) is 0.766. The van der Waals surface area contributed by atoms with Gasteiger partial charge in [-0.15, -0.1) is 0 Å². The van der Waals surface area contributed by atoms with Crippen LogP contribution >= 0.6 is 0 Å². The Morgan fingerprint density at radius 3 is 2.97 bits per heavy atom. The highest BCUT2D eigenvalue weighted by Gasteiger charge is 2.44. The first kappa shape index (κ1) is 18.6. The molecule has 0 radical (unpaired) electrons. The zero-order valence-electron chi connectivity index (χ0n) is 18.1. The molecule has 0 aromatic heterocycles.